The number of nitrogen functional groups attached to an aromatic ring is 1. The van der Waals surface area contributed by atoms with Gasteiger partial charge in [0.25, 0.3) is 0 Å². The second kappa shape index (κ2) is 5.68. The minimum atomic E-state index is -1.17. The van der Waals surface area contributed by atoms with Crippen molar-refractivity contribution in [3.8, 4) is 11.5 Å². The van der Waals surface area contributed by atoms with Gasteiger partial charge in [-0.3, -0.25) is 0 Å². The van der Waals surface area contributed by atoms with Crippen molar-refractivity contribution < 1.29 is 19.0 Å². The van der Waals surface area contributed by atoms with Gasteiger partial charge in [0.05, 0.1) is 20.7 Å². The van der Waals surface area contributed by atoms with E-state index in [4.69, 9.17) is 27.2 Å². The molecule has 0 atom stereocenters. The van der Waals surface area contributed by atoms with Crippen LogP contribution in [0, 0.1) is 5.82 Å². The summed E-state index contributed by atoms with van der Waals surface area (Å²) < 4.78 is 19.3. The molecule has 2 aromatic carbocycles. The molecule has 2 rings (SSSR count). The van der Waals surface area contributed by atoms with E-state index in [1.165, 1.54) is 24.3 Å². The van der Waals surface area contributed by atoms with Crippen molar-refractivity contribution in [3.63, 3.8) is 0 Å². The highest BCUT2D eigenvalue weighted by Gasteiger charge is 2.14. The number of nitrogens with two attached hydrogens (primary N) is 1. The Morgan fingerprint density at radius 3 is 2.70 bits per heavy atom. The number of rotatable bonds is 3. The SMILES string of the molecule is Nc1c(Oc2cc(F)c(Cl)cc2Br)cccc1C(=O)O. The molecule has 0 bridgehead atoms. The smallest absolute Gasteiger partial charge is 0.337 e. The molecule has 104 valence electrons. The maximum Gasteiger partial charge on any atom is 0.337 e. The molecule has 0 aliphatic rings. The quantitative estimate of drug-likeness (QED) is 0.632. The zero-order valence-electron chi connectivity index (χ0n) is 9.86. The summed E-state index contributed by atoms with van der Waals surface area (Å²) >= 11 is 8.80. The lowest BCUT2D eigenvalue weighted by atomic mass is 10.1. The number of anilines is 1. The van der Waals surface area contributed by atoms with Crippen molar-refractivity contribution in [1.82, 2.24) is 0 Å². The predicted molar refractivity (Wildman–Crippen MR) is 77.0 cm³/mol. The lowest BCUT2D eigenvalue weighted by Gasteiger charge is -2.12. The van der Waals surface area contributed by atoms with Gasteiger partial charge >= 0.3 is 5.97 Å². The number of aromatic carboxylic acids is 1. The summed E-state index contributed by atoms with van der Waals surface area (Å²) in [6, 6.07) is 6.74. The average Bonchev–Trinajstić information content (AvgIpc) is 2.37. The Labute approximate surface area is 127 Å². The van der Waals surface area contributed by atoms with Crippen LogP contribution >= 0.6 is 27.5 Å². The Bertz CT molecular complexity index is 694. The number of carboxylic acid groups (broad SMARTS) is 1. The van der Waals surface area contributed by atoms with Crippen molar-refractivity contribution in [3.05, 3.63) is 51.2 Å². The number of ether oxygens (including phenoxy) is 1. The Balaban J connectivity index is 2.43. The van der Waals surface area contributed by atoms with Crippen LogP contribution in [0.5, 0.6) is 11.5 Å². The molecule has 0 aliphatic heterocycles. The lowest BCUT2D eigenvalue weighted by Crippen LogP contribution is -2.03. The summed E-state index contributed by atoms with van der Waals surface area (Å²) in [6.07, 6.45) is 0. The zero-order chi connectivity index (χ0) is 14.9. The number of benzene rings is 2. The minimum absolute atomic E-state index is 0.0396. The summed E-state index contributed by atoms with van der Waals surface area (Å²) in [5.74, 6) is -1.57. The van der Waals surface area contributed by atoms with Crippen LogP contribution in [0.15, 0.2) is 34.8 Å². The van der Waals surface area contributed by atoms with Crippen LogP contribution in [0.2, 0.25) is 5.02 Å². The summed E-state index contributed by atoms with van der Waals surface area (Å²) in [7, 11) is 0. The molecule has 0 saturated carbocycles. The Hall–Kier alpha value is -1.79. The summed E-state index contributed by atoms with van der Waals surface area (Å²) in [4.78, 5) is 11.0. The molecule has 0 heterocycles. The van der Waals surface area contributed by atoms with Crippen LogP contribution in [-0.4, -0.2) is 11.1 Å². The average molecular weight is 361 g/mol. The Kier molecular flexibility index (Phi) is 4.15. The summed E-state index contributed by atoms with van der Waals surface area (Å²) in [5.41, 5.74) is 5.58. The standard InChI is InChI=1S/C13H8BrClFNO3/c14-7-4-8(15)9(16)5-11(7)20-10-3-1-2-6(12(10)17)13(18)19/h1-5H,17H2,(H,18,19). The van der Waals surface area contributed by atoms with Crippen LogP contribution in [0.25, 0.3) is 0 Å². The lowest BCUT2D eigenvalue weighted by molar-refractivity contribution is 0.0697. The van der Waals surface area contributed by atoms with Gasteiger partial charge in [-0.25, -0.2) is 9.18 Å². The number of halogens is 3. The zero-order valence-corrected chi connectivity index (χ0v) is 12.2. The fourth-order valence-electron chi connectivity index (χ4n) is 1.52. The largest absolute Gasteiger partial charge is 0.478 e. The summed E-state index contributed by atoms with van der Waals surface area (Å²) in [5, 5.41) is 8.91. The number of para-hydroxylation sites is 1. The number of carbonyl (C=O) groups is 1. The van der Waals surface area contributed by atoms with Crippen molar-refractivity contribution >= 4 is 39.2 Å². The molecule has 0 spiro atoms. The van der Waals surface area contributed by atoms with Crippen molar-refractivity contribution in [2.24, 2.45) is 0 Å². The van der Waals surface area contributed by atoms with E-state index in [2.05, 4.69) is 15.9 Å². The molecule has 7 heteroatoms. The fourth-order valence-corrected chi connectivity index (χ4v) is 2.24. The number of hydrogen-bond donors (Lipinski definition) is 2. The highest BCUT2D eigenvalue weighted by atomic mass is 79.9. The molecule has 0 aliphatic carbocycles. The predicted octanol–water partition coefficient (Wildman–Crippen LogP) is 4.31. The first kappa shape index (κ1) is 14.6. The molecule has 0 aromatic heterocycles. The first-order chi connectivity index (χ1) is 9.40. The molecule has 3 N–H and O–H groups in total. The molecule has 2 aromatic rings. The topological polar surface area (TPSA) is 72.5 Å². The summed E-state index contributed by atoms with van der Waals surface area (Å²) in [6.45, 7) is 0. The highest BCUT2D eigenvalue weighted by Crippen LogP contribution is 2.36. The first-order valence-corrected chi connectivity index (χ1v) is 6.51. The normalized spacial score (nSPS) is 10.3. The van der Waals surface area contributed by atoms with Crippen LogP contribution < -0.4 is 10.5 Å². The fraction of sp³-hybridized carbons (Fsp3) is 0. The van der Waals surface area contributed by atoms with Crippen molar-refractivity contribution in [2.45, 2.75) is 0 Å². The van der Waals surface area contributed by atoms with E-state index in [1.54, 1.807) is 0 Å². The van der Waals surface area contributed by atoms with Gasteiger partial charge in [-0.1, -0.05) is 17.7 Å². The van der Waals surface area contributed by atoms with Crippen LogP contribution in [0.3, 0.4) is 0 Å². The first-order valence-electron chi connectivity index (χ1n) is 5.34. The minimum Gasteiger partial charge on any atom is -0.478 e. The molecule has 0 radical (unpaired) electrons. The monoisotopic (exact) mass is 359 g/mol. The van der Waals surface area contributed by atoms with Gasteiger partial charge < -0.3 is 15.6 Å². The van der Waals surface area contributed by atoms with Gasteiger partial charge in [0, 0.05) is 6.07 Å². The van der Waals surface area contributed by atoms with Crippen LogP contribution in [0.4, 0.5) is 10.1 Å². The molecular weight excluding hydrogens is 353 g/mol. The molecule has 0 saturated heterocycles. The van der Waals surface area contributed by atoms with Crippen LogP contribution in [-0.2, 0) is 0 Å². The maximum absolute atomic E-state index is 13.4. The van der Waals surface area contributed by atoms with Gasteiger partial charge in [-0.2, -0.15) is 0 Å². The molecule has 0 unspecified atom stereocenters. The van der Waals surface area contributed by atoms with E-state index >= 15 is 0 Å². The van der Waals surface area contributed by atoms with Gasteiger partial charge in [-0.15, -0.1) is 0 Å². The second-order valence-electron chi connectivity index (χ2n) is 3.82. The highest BCUT2D eigenvalue weighted by molar-refractivity contribution is 9.10. The molecule has 4 nitrogen and oxygen atoms in total. The maximum atomic E-state index is 13.4. The van der Waals surface area contributed by atoms with E-state index in [-0.39, 0.29) is 27.8 Å². The third-order valence-electron chi connectivity index (χ3n) is 2.49. The van der Waals surface area contributed by atoms with E-state index < -0.39 is 11.8 Å². The number of carboxylic acids is 1. The van der Waals surface area contributed by atoms with E-state index in [1.807, 2.05) is 0 Å². The Morgan fingerprint density at radius 1 is 1.35 bits per heavy atom. The van der Waals surface area contributed by atoms with Crippen molar-refractivity contribution in [2.75, 3.05) is 5.73 Å². The van der Waals surface area contributed by atoms with Crippen LogP contribution in [0.1, 0.15) is 10.4 Å². The van der Waals surface area contributed by atoms with Gasteiger partial charge in [0.2, 0.25) is 0 Å². The molecular formula is C13H8BrClFNO3. The number of hydrogen-bond acceptors (Lipinski definition) is 3. The van der Waals surface area contributed by atoms with E-state index in [9.17, 15) is 9.18 Å². The van der Waals surface area contributed by atoms with Gasteiger partial charge in [0.15, 0.2) is 5.75 Å². The van der Waals surface area contributed by atoms with Crippen molar-refractivity contribution in [1.29, 1.82) is 0 Å². The molecule has 0 fully saturated rings. The molecule has 20 heavy (non-hydrogen) atoms. The van der Waals surface area contributed by atoms with E-state index in [0.717, 1.165) is 6.07 Å². The van der Waals surface area contributed by atoms with Gasteiger partial charge in [-0.05, 0) is 34.1 Å². The third kappa shape index (κ3) is 2.86. The van der Waals surface area contributed by atoms with E-state index in [0.29, 0.717) is 4.47 Å². The van der Waals surface area contributed by atoms with Gasteiger partial charge in [0.1, 0.15) is 11.6 Å². The third-order valence-corrected chi connectivity index (χ3v) is 3.40. The Morgan fingerprint density at radius 2 is 2.05 bits per heavy atom. The molecule has 0 amide bonds. The second-order valence-corrected chi connectivity index (χ2v) is 5.08.